The molecule has 0 aliphatic heterocycles. The summed E-state index contributed by atoms with van der Waals surface area (Å²) in [6, 6.07) is 9.32. The Balaban J connectivity index is 0.00000225. The first kappa shape index (κ1) is 19.0. The van der Waals surface area contributed by atoms with Gasteiger partial charge in [0, 0.05) is 35.7 Å². The van der Waals surface area contributed by atoms with E-state index in [1.807, 2.05) is 0 Å². The molecule has 0 saturated heterocycles. The summed E-state index contributed by atoms with van der Waals surface area (Å²) in [4.78, 5) is 24.7. The van der Waals surface area contributed by atoms with E-state index >= 15 is 0 Å². The number of benzene rings is 2. The Morgan fingerprint density at radius 1 is 1.24 bits per heavy atom. The minimum absolute atomic E-state index is 0. The van der Waals surface area contributed by atoms with Crippen LogP contribution in [-0.4, -0.2) is 57.7 Å². The number of aromatic amines is 1. The first-order chi connectivity index (χ1) is 11.5. The molecule has 0 saturated carbocycles. The third kappa shape index (κ3) is 3.84. The van der Waals surface area contributed by atoms with Crippen LogP contribution >= 0.6 is 0 Å². The zero-order valence-electron chi connectivity index (χ0n) is 12.8. The van der Waals surface area contributed by atoms with Gasteiger partial charge in [0.2, 0.25) is 0 Å². The molecule has 1 aromatic heterocycles. The second kappa shape index (κ2) is 7.69. The molecule has 3 rings (SSSR count). The molecule has 2 aromatic carbocycles. The molecule has 25 heavy (non-hydrogen) atoms. The van der Waals surface area contributed by atoms with Crippen molar-refractivity contribution in [3.8, 4) is 5.75 Å². The molecule has 2 N–H and O–H groups in total. The minimum atomic E-state index is -1.03. The van der Waals surface area contributed by atoms with E-state index in [0.29, 0.717) is 12.2 Å². The number of hydrogen-bond acceptors (Lipinski definition) is 4. The molecule has 8 heteroatoms. The van der Waals surface area contributed by atoms with Crippen LogP contribution in [0.1, 0.15) is 21.5 Å². The SMILES string of the molecule is COc1cc(C(=O)O)ccc1Cc1c[nH]c2ccc([N+](=O)[O-])cc12.[NaH]. The number of carbonyl (C=O) groups is 1. The molecular formula is C17H15N2NaO5. The van der Waals surface area contributed by atoms with Crippen LogP contribution in [0, 0.1) is 10.1 Å². The Kier molecular flexibility index (Phi) is 5.84. The Labute approximate surface area is 165 Å². The van der Waals surface area contributed by atoms with Crippen LogP contribution in [0.2, 0.25) is 0 Å². The molecule has 0 aliphatic rings. The second-order valence-electron chi connectivity index (χ2n) is 5.31. The number of nitro benzene ring substituents is 1. The normalized spacial score (nSPS) is 10.3. The third-order valence-electron chi connectivity index (χ3n) is 3.88. The summed E-state index contributed by atoms with van der Waals surface area (Å²) in [6.07, 6.45) is 2.25. The van der Waals surface area contributed by atoms with Gasteiger partial charge in [-0.3, -0.25) is 10.1 Å². The maximum absolute atomic E-state index is 11.0. The van der Waals surface area contributed by atoms with E-state index in [4.69, 9.17) is 9.84 Å². The van der Waals surface area contributed by atoms with Gasteiger partial charge in [-0.15, -0.1) is 0 Å². The summed E-state index contributed by atoms with van der Waals surface area (Å²) in [6.45, 7) is 0. The quantitative estimate of drug-likeness (QED) is 0.418. The number of ether oxygens (including phenoxy) is 1. The van der Waals surface area contributed by atoms with Gasteiger partial charge in [0.15, 0.2) is 0 Å². The molecule has 7 nitrogen and oxygen atoms in total. The van der Waals surface area contributed by atoms with Gasteiger partial charge in [-0.1, -0.05) is 6.07 Å². The van der Waals surface area contributed by atoms with Gasteiger partial charge >= 0.3 is 35.5 Å². The topological polar surface area (TPSA) is 105 Å². The monoisotopic (exact) mass is 350 g/mol. The van der Waals surface area contributed by atoms with E-state index < -0.39 is 10.9 Å². The van der Waals surface area contributed by atoms with Gasteiger partial charge in [0.05, 0.1) is 17.6 Å². The second-order valence-corrected chi connectivity index (χ2v) is 5.31. The van der Waals surface area contributed by atoms with Crippen LogP contribution in [-0.2, 0) is 6.42 Å². The Morgan fingerprint density at radius 2 is 2.00 bits per heavy atom. The molecule has 1 heterocycles. The number of carboxylic acids is 1. The number of nitrogens with one attached hydrogen (secondary N) is 1. The van der Waals surface area contributed by atoms with Gasteiger partial charge in [-0.25, -0.2) is 4.79 Å². The number of methoxy groups -OCH3 is 1. The van der Waals surface area contributed by atoms with Crippen LogP contribution in [0.5, 0.6) is 5.75 Å². The van der Waals surface area contributed by atoms with Crippen molar-refractivity contribution < 1.29 is 19.6 Å². The average molecular weight is 350 g/mol. The van der Waals surface area contributed by atoms with Crippen molar-refractivity contribution >= 4 is 52.1 Å². The Bertz CT molecular complexity index is 951. The number of aromatic carboxylic acids is 1. The third-order valence-corrected chi connectivity index (χ3v) is 3.88. The van der Waals surface area contributed by atoms with Crippen LogP contribution in [0.25, 0.3) is 10.9 Å². The van der Waals surface area contributed by atoms with Crippen LogP contribution in [0.3, 0.4) is 0 Å². The molecule has 0 aliphatic carbocycles. The number of H-pyrrole nitrogens is 1. The van der Waals surface area contributed by atoms with Crippen molar-refractivity contribution in [2.24, 2.45) is 0 Å². The van der Waals surface area contributed by atoms with Crippen molar-refractivity contribution in [3.63, 3.8) is 0 Å². The molecule has 3 aromatic rings. The van der Waals surface area contributed by atoms with E-state index in [1.165, 1.54) is 31.4 Å². The molecule has 0 fully saturated rings. The summed E-state index contributed by atoms with van der Waals surface area (Å²) < 4.78 is 5.28. The van der Waals surface area contributed by atoms with Crippen molar-refractivity contribution in [2.75, 3.05) is 7.11 Å². The van der Waals surface area contributed by atoms with Crippen molar-refractivity contribution in [2.45, 2.75) is 6.42 Å². The zero-order chi connectivity index (χ0) is 17.3. The first-order valence-electron chi connectivity index (χ1n) is 7.14. The fourth-order valence-corrected chi connectivity index (χ4v) is 2.66. The van der Waals surface area contributed by atoms with E-state index in [1.54, 1.807) is 18.3 Å². The van der Waals surface area contributed by atoms with Crippen molar-refractivity contribution in [1.82, 2.24) is 4.98 Å². The number of hydrogen-bond donors (Lipinski definition) is 2. The van der Waals surface area contributed by atoms with E-state index in [-0.39, 0.29) is 40.8 Å². The van der Waals surface area contributed by atoms with Gasteiger partial charge in [0.25, 0.3) is 5.69 Å². The predicted molar refractivity (Wildman–Crippen MR) is 94.9 cm³/mol. The van der Waals surface area contributed by atoms with Gasteiger partial charge in [-0.05, 0) is 29.3 Å². The van der Waals surface area contributed by atoms with E-state index in [2.05, 4.69) is 4.98 Å². The van der Waals surface area contributed by atoms with E-state index in [0.717, 1.165) is 22.0 Å². The summed E-state index contributed by atoms with van der Waals surface area (Å²) >= 11 is 0. The summed E-state index contributed by atoms with van der Waals surface area (Å²) in [5.41, 5.74) is 2.64. The molecule has 0 amide bonds. The van der Waals surface area contributed by atoms with Gasteiger partial charge < -0.3 is 14.8 Å². The Hall–Kier alpha value is -2.35. The van der Waals surface area contributed by atoms with Crippen LogP contribution < -0.4 is 4.74 Å². The maximum atomic E-state index is 11.0. The number of fused-ring (bicyclic) bond motifs is 1. The number of nitrogens with zero attached hydrogens (tertiary/aromatic N) is 1. The summed E-state index contributed by atoms with van der Waals surface area (Å²) in [7, 11) is 1.48. The standard InChI is InChI=1S/C17H14N2O5.Na.H/c1-24-16-7-11(17(20)21)3-2-10(16)6-12-9-18-15-5-4-13(19(22)23)8-14(12)15;;/h2-5,7-9,18H,6H2,1H3,(H,20,21);;. The predicted octanol–water partition coefficient (Wildman–Crippen LogP) is 2.73. The zero-order valence-corrected chi connectivity index (χ0v) is 12.8. The Morgan fingerprint density at radius 3 is 2.64 bits per heavy atom. The first-order valence-corrected chi connectivity index (χ1v) is 7.14. The van der Waals surface area contributed by atoms with Crippen molar-refractivity contribution in [3.05, 3.63) is 69.4 Å². The molecule has 0 radical (unpaired) electrons. The molecule has 0 spiro atoms. The molecule has 124 valence electrons. The fourth-order valence-electron chi connectivity index (χ4n) is 2.66. The number of rotatable bonds is 5. The van der Waals surface area contributed by atoms with Gasteiger partial charge in [-0.2, -0.15) is 0 Å². The number of carboxylic acid groups (broad SMARTS) is 1. The summed E-state index contributed by atoms with van der Waals surface area (Å²) in [5.74, 6) is -0.558. The number of non-ortho nitro benzene ring substituents is 1. The number of nitro groups is 1. The van der Waals surface area contributed by atoms with Crippen LogP contribution in [0.4, 0.5) is 5.69 Å². The van der Waals surface area contributed by atoms with Crippen molar-refractivity contribution in [1.29, 1.82) is 0 Å². The number of aromatic nitrogens is 1. The summed E-state index contributed by atoms with van der Waals surface area (Å²) in [5, 5.41) is 20.8. The van der Waals surface area contributed by atoms with Crippen LogP contribution in [0.15, 0.2) is 42.6 Å². The van der Waals surface area contributed by atoms with E-state index in [9.17, 15) is 14.9 Å². The molecular weight excluding hydrogens is 335 g/mol. The average Bonchev–Trinajstić information content (AvgIpc) is 2.97. The molecule has 0 unspecified atom stereocenters. The molecule has 0 bridgehead atoms. The fraction of sp³-hybridized carbons (Fsp3) is 0.118. The van der Waals surface area contributed by atoms with Gasteiger partial charge in [0.1, 0.15) is 5.75 Å². The molecule has 0 atom stereocenters.